The van der Waals surface area contributed by atoms with Crippen molar-refractivity contribution < 1.29 is 14.3 Å². The summed E-state index contributed by atoms with van der Waals surface area (Å²) in [4.78, 5) is 20.7. The van der Waals surface area contributed by atoms with Crippen molar-refractivity contribution in [2.75, 3.05) is 6.54 Å². The summed E-state index contributed by atoms with van der Waals surface area (Å²) in [5, 5.41) is 2.74. The Morgan fingerprint density at radius 3 is 2.25 bits per heavy atom. The molecule has 0 atom stereocenters. The second-order valence-corrected chi connectivity index (χ2v) is 4.45. The van der Waals surface area contributed by atoms with Crippen molar-refractivity contribution in [1.29, 1.82) is 0 Å². The minimum absolute atomic E-state index is 0.214. The molecule has 0 aromatic heterocycles. The lowest BCUT2D eigenvalue weighted by Crippen LogP contribution is -2.36. The van der Waals surface area contributed by atoms with E-state index in [0.717, 1.165) is 25.8 Å². The van der Waals surface area contributed by atoms with Crippen LogP contribution in [0.25, 0.3) is 0 Å². The lowest BCUT2D eigenvalue weighted by atomic mass is 10.2. The third-order valence-corrected chi connectivity index (χ3v) is 1.67. The van der Waals surface area contributed by atoms with Crippen LogP contribution in [0.3, 0.4) is 0 Å². The zero-order chi connectivity index (χ0) is 12.6. The first-order valence-corrected chi connectivity index (χ1v) is 5.31. The number of piperidine rings is 1. The van der Waals surface area contributed by atoms with Crippen LogP contribution >= 0.6 is 0 Å². The molecule has 1 saturated heterocycles. The Morgan fingerprint density at radius 1 is 1.44 bits per heavy atom. The highest BCUT2D eigenvalue weighted by Gasteiger charge is 2.14. The van der Waals surface area contributed by atoms with Gasteiger partial charge >= 0.3 is 6.09 Å². The molecule has 94 valence electrons. The average Bonchev–Trinajstić information content (AvgIpc) is 2.17. The molecule has 1 fully saturated rings. The van der Waals surface area contributed by atoms with Crippen LogP contribution < -0.4 is 16.6 Å². The van der Waals surface area contributed by atoms with Crippen LogP contribution in [0.5, 0.6) is 0 Å². The van der Waals surface area contributed by atoms with E-state index in [1.54, 1.807) is 20.8 Å². The second-order valence-electron chi connectivity index (χ2n) is 4.45. The number of amides is 2. The number of hydrogen-bond acceptors (Lipinski definition) is 4. The smallest absolute Gasteiger partial charge is 0.421 e. The summed E-state index contributed by atoms with van der Waals surface area (Å²) < 4.78 is 4.71. The first-order valence-electron chi connectivity index (χ1n) is 5.31. The molecule has 1 aliphatic heterocycles. The summed E-state index contributed by atoms with van der Waals surface area (Å²) in [6, 6.07) is 0. The van der Waals surface area contributed by atoms with Gasteiger partial charge in [0.25, 0.3) is 0 Å². The molecule has 1 aliphatic rings. The molecule has 6 nitrogen and oxygen atoms in total. The molecule has 2 amide bonds. The van der Waals surface area contributed by atoms with Crippen LogP contribution in [0.1, 0.15) is 40.0 Å². The third kappa shape index (κ3) is 9.26. The summed E-state index contributed by atoms with van der Waals surface area (Å²) in [5.74, 6) is 4.97. The molecule has 6 heteroatoms. The van der Waals surface area contributed by atoms with Gasteiger partial charge in [-0.05, 0) is 33.6 Å². The monoisotopic (exact) mass is 231 g/mol. The molecule has 4 N–H and O–H groups in total. The molecule has 0 aliphatic carbocycles. The zero-order valence-corrected chi connectivity index (χ0v) is 10.1. The van der Waals surface area contributed by atoms with Gasteiger partial charge in [-0.1, -0.05) is 0 Å². The molecule has 0 aromatic carbocycles. The summed E-state index contributed by atoms with van der Waals surface area (Å²) in [6.07, 6.45) is 2.36. The van der Waals surface area contributed by atoms with E-state index in [1.807, 2.05) is 5.43 Å². The normalized spacial score (nSPS) is 15.4. The fourth-order valence-corrected chi connectivity index (χ4v) is 1.03. The fraction of sp³-hybridized carbons (Fsp3) is 0.800. The summed E-state index contributed by atoms with van der Waals surface area (Å²) >= 11 is 0. The molecular weight excluding hydrogens is 210 g/mol. The molecule has 0 bridgehead atoms. The summed E-state index contributed by atoms with van der Waals surface area (Å²) in [5.41, 5.74) is 1.39. The van der Waals surface area contributed by atoms with E-state index in [1.165, 1.54) is 0 Å². The molecular formula is C10H21N3O3. The van der Waals surface area contributed by atoms with Gasteiger partial charge in [-0.3, -0.25) is 10.2 Å². The van der Waals surface area contributed by atoms with Crippen molar-refractivity contribution in [3.8, 4) is 0 Å². The zero-order valence-electron chi connectivity index (χ0n) is 10.1. The van der Waals surface area contributed by atoms with Crippen molar-refractivity contribution in [1.82, 2.24) is 10.7 Å². The molecule has 0 unspecified atom stereocenters. The van der Waals surface area contributed by atoms with Crippen LogP contribution in [-0.2, 0) is 9.53 Å². The number of hydrogen-bond donors (Lipinski definition) is 3. The number of ether oxygens (including phenoxy) is 1. The highest BCUT2D eigenvalue weighted by Crippen LogP contribution is 2.05. The number of carbonyl (C=O) groups is 2. The van der Waals surface area contributed by atoms with E-state index < -0.39 is 11.7 Å². The molecule has 0 spiro atoms. The lowest BCUT2D eigenvalue weighted by molar-refractivity contribution is -0.122. The van der Waals surface area contributed by atoms with Crippen molar-refractivity contribution >= 4 is 12.0 Å². The number of carbonyl (C=O) groups excluding carboxylic acids is 2. The Hall–Kier alpha value is -1.30. The van der Waals surface area contributed by atoms with Gasteiger partial charge in [0.2, 0.25) is 5.91 Å². The summed E-state index contributed by atoms with van der Waals surface area (Å²) in [7, 11) is 0. The van der Waals surface area contributed by atoms with E-state index in [-0.39, 0.29) is 5.91 Å². The number of nitrogens with one attached hydrogen (secondary N) is 2. The molecule has 0 radical (unpaired) electrons. The van der Waals surface area contributed by atoms with Gasteiger partial charge in [-0.25, -0.2) is 10.6 Å². The first kappa shape index (κ1) is 14.7. The number of rotatable bonds is 0. The van der Waals surface area contributed by atoms with E-state index >= 15 is 0 Å². The average molecular weight is 231 g/mol. The van der Waals surface area contributed by atoms with Gasteiger partial charge < -0.3 is 10.1 Å². The van der Waals surface area contributed by atoms with Crippen LogP contribution in [-0.4, -0.2) is 24.1 Å². The van der Waals surface area contributed by atoms with Crippen molar-refractivity contribution in [3.63, 3.8) is 0 Å². The first-order chi connectivity index (χ1) is 7.35. The Morgan fingerprint density at radius 2 is 2.06 bits per heavy atom. The Bertz CT molecular complexity index is 228. The van der Waals surface area contributed by atoms with Gasteiger partial charge in [-0.15, -0.1) is 0 Å². The lowest BCUT2D eigenvalue weighted by Gasteiger charge is -2.18. The third-order valence-electron chi connectivity index (χ3n) is 1.67. The minimum Gasteiger partial charge on any atom is -0.443 e. The number of hydrazine groups is 1. The largest absolute Gasteiger partial charge is 0.443 e. The van der Waals surface area contributed by atoms with Crippen molar-refractivity contribution in [3.05, 3.63) is 0 Å². The standard InChI is InChI=1S/C5H12N2O2.C5H9NO/c1-5(2,3)9-4(8)7-6;7-5-3-1-2-4-6-5/h6H2,1-3H3,(H,7,8);1-4H2,(H,6,7). The van der Waals surface area contributed by atoms with Gasteiger partial charge in [0.05, 0.1) is 0 Å². The maximum atomic E-state index is 10.4. The predicted molar refractivity (Wildman–Crippen MR) is 60.4 cm³/mol. The maximum Gasteiger partial charge on any atom is 0.421 e. The van der Waals surface area contributed by atoms with Crippen molar-refractivity contribution in [2.45, 2.75) is 45.6 Å². The molecule has 16 heavy (non-hydrogen) atoms. The second kappa shape index (κ2) is 7.05. The number of nitrogens with two attached hydrogens (primary N) is 1. The molecule has 0 aromatic rings. The van der Waals surface area contributed by atoms with E-state index in [2.05, 4.69) is 5.32 Å². The van der Waals surface area contributed by atoms with Gasteiger partial charge in [-0.2, -0.15) is 0 Å². The topological polar surface area (TPSA) is 93.4 Å². The minimum atomic E-state index is -0.609. The van der Waals surface area contributed by atoms with Crippen LogP contribution in [0.15, 0.2) is 0 Å². The Labute approximate surface area is 95.9 Å². The van der Waals surface area contributed by atoms with E-state index in [0.29, 0.717) is 0 Å². The van der Waals surface area contributed by atoms with Crippen molar-refractivity contribution in [2.24, 2.45) is 5.84 Å². The SMILES string of the molecule is CC(C)(C)OC(=O)NN.O=C1CCCCN1. The quantitative estimate of drug-likeness (QED) is 0.324. The maximum absolute atomic E-state index is 10.4. The highest BCUT2D eigenvalue weighted by atomic mass is 16.6. The van der Waals surface area contributed by atoms with E-state index in [9.17, 15) is 9.59 Å². The molecule has 0 saturated carbocycles. The highest BCUT2D eigenvalue weighted by molar-refractivity contribution is 5.76. The van der Waals surface area contributed by atoms with Gasteiger partial charge in [0, 0.05) is 13.0 Å². The predicted octanol–water partition coefficient (Wildman–Crippen LogP) is 0.671. The Balaban J connectivity index is 0.000000288. The van der Waals surface area contributed by atoms with Crippen LogP contribution in [0.4, 0.5) is 4.79 Å². The van der Waals surface area contributed by atoms with E-state index in [4.69, 9.17) is 10.6 Å². The van der Waals surface area contributed by atoms with Crippen LogP contribution in [0, 0.1) is 0 Å². The summed E-state index contributed by atoms with van der Waals surface area (Å²) in [6.45, 7) is 6.19. The van der Waals surface area contributed by atoms with Crippen LogP contribution in [0.2, 0.25) is 0 Å². The van der Waals surface area contributed by atoms with Gasteiger partial charge in [0.1, 0.15) is 5.60 Å². The molecule has 1 heterocycles. The fourth-order valence-electron chi connectivity index (χ4n) is 1.03. The molecule has 1 rings (SSSR count). The Kier molecular flexibility index (Phi) is 6.48. The van der Waals surface area contributed by atoms with Gasteiger partial charge in [0.15, 0.2) is 0 Å².